The Morgan fingerprint density at radius 2 is 1.87 bits per heavy atom. The van der Waals surface area contributed by atoms with E-state index in [-0.39, 0.29) is 30.9 Å². The first-order valence-corrected chi connectivity index (χ1v) is 10.6. The maximum absolute atomic E-state index is 12.7. The van der Waals surface area contributed by atoms with E-state index in [4.69, 9.17) is 25.8 Å². The van der Waals surface area contributed by atoms with Gasteiger partial charge in [-0.3, -0.25) is 14.5 Å². The van der Waals surface area contributed by atoms with E-state index in [1.165, 1.54) is 12.0 Å². The molecule has 0 aromatic heterocycles. The minimum absolute atomic E-state index is 0.170. The number of esters is 1. The van der Waals surface area contributed by atoms with Crippen LogP contribution in [-0.2, 0) is 20.9 Å². The third-order valence-electron chi connectivity index (χ3n) is 4.26. The monoisotopic (exact) mass is 461 g/mol. The molecule has 0 aliphatic carbocycles. The number of benzene rings is 2. The quantitative estimate of drug-likeness (QED) is 0.422. The summed E-state index contributed by atoms with van der Waals surface area (Å²) in [6.07, 6.45) is 1.62. The molecule has 1 heterocycles. The van der Waals surface area contributed by atoms with E-state index >= 15 is 0 Å². The summed E-state index contributed by atoms with van der Waals surface area (Å²) in [5, 5.41) is 0.244. The highest BCUT2D eigenvalue weighted by Gasteiger charge is 2.35. The van der Waals surface area contributed by atoms with Crippen molar-refractivity contribution in [1.29, 1.82) is 0 Å². The number of halogens is 1. The van der Waals surface area contributed by atoms with Gasteiger partial charge in [0.15, 0.2) is 18.1 Å². The minimum Gasteiger partial charge on any atom is -0.493 e. The van der Waals surface area contributed by atoms with E-state index in [2.05, 4.69) is 0 Å². The fourth-order valence-corrected chi connectivity index (χ4v) is 3.76. The third-order valence-corrected chi connectivity index (χ3v) is 5.42. The van der Waals surface area contributed by atoms with Crippen LogP contribution in [0.5, 0.6) is 11.5 Å². The fraction of sp³-hybridized carbons (Fsp3) is 0.227. The average Bonchev–Trinajstić information content (AvgIpc) is 3.01. The van der Waals surface area contributed by atoms with Gasteiger partial charge in [0, 0.05) is 5.02 Å². The molecule has 0 radical (unpaired) electrons. The summed E-state index contributed by atoms with van der Waals surface area (Å²) in [5.41, 5.74) is 1.45. The van der Waals surface area contributed by atoms with Crippen LogP contribution >= 0.6 is 23.4 Å². The summed E-state index contributed by atoms with van der Waals surface area (Å²) in [6, 6.07) is 12.0. The van der Waals surface area contributed by atoms with Crippen molar-refractivity contribution in [2.75, 3.05) is 20.3 Å². The number of amides is 2. The van der Waals surface area contributed by atoms with Gasteiger partial charge in [0.1, 0.15) is 0 Å². The molecule has 2 amide bonds. The van der Waals surface area contributed by atoms with E-state index in [1.54, 1.807) is 55.5 Å². The number of rotatable bonds is 8. The molecule has 0 atom stereocenters. The van der Waals surface area contributed by atoms with Gasteiger partial charge in [-0.15, -0.1) is 0 Å². The van der Waals surface area contributed by atoms with E-state index in [9.17, 15) is 14.4 Å². The molecule has 31 heavy (non-hydrogen) atoms. The summed E-state index contributed by atoms with van der Waals surface area (Å²) in [5.74, 6) is -0.100. The zero-order valence-electron chi connectivity index (χ0n) is 16.9. The number of carbonyl (C=O) groups is 3. The van der Waals surface area contributed by atoms with Crippen LogP contribution in [-0.4, -0.2) is 42.3 Å². The van der Waals surface area contributed by atoms with Gasteiger partial charge in [0.05, 0.1) is 25.2 Å². The Kier molecular flexibility index (Phi) is 7.59. The van der Waals surface area contributed by atoms with Gasteiger partial charge >= 0.3 is 5.97 Å². The molecule has 3 rings (SSSR count). The van der Waals surface area contributed by atoms with Gasteiger partial charge in [0.2, 0.25) is 0 Å². The van der Waals surface area contributed by atoms with Crippen LogP contribution in [0.3, 0.4) is 0 Å². The second-order valence-electron chi connectivity index (χ2n) is 6.40. The number of carbonyl (C=O) groups excluding carboxylic acids is 3. The smallest absolute Gasteiger partial charge is 0.344 e. The predicted octanol–water partition coefficient (Wildman–Crippen LogP) is 4.53. The van der Waals surface area contributed by atoms with Crippen LogP contribution in [0.1, 0.15) is 18.1 Å². The number of thioether (sulfide) groups is 1. The highest BCUT2D eigenvalue weighted by Crippen LogP contribution is 2.35. The van der Waals surface area contributed by atoms with Crippen LogP contribution in [0, 0.1) is 0 Å². The molecule has 1 fully saturated rings. The first kappa shape index (κ1) is 22.7. The molecule has 0 saturated carbocycles. The zero-order valence-corrected chi connectivity index (χ0v) is 18.5. The first-order valence-electron chi connectivity index (χ1n) is 9.37. The lowest BCUT2D eigenvalue weighted by Gasteiger charge is -2.12. The molecule has 0 spiro atoms. The Morgan fingerprint density at radius 1 is 1.13 bits per heavy atom. The standard InChI is InChI=1S/C22H20ClNO6S/c1-3-29-20(25)13-30-17-9-6-15(10-18(17)28-2)11-19-21(26)24(22(27)31-19)12-14-4-7-16(23)8-5-14/h4-11H,3,12-13H2,1-2H3/b19-11+. The van der Waals surface area contributed by atoms with Crippen molar-refractivity contribution in [3.05, 3.63) is 63.5 Å². The maximum Gasteiger partial charge on any atom is 0.344 e. The summed E-state index contributed by atoms with van der Waals surface area (Å²) in [6.45, 7) is 1.91. The zero-order chi connectivity index (χ0) is 22.4. The van der Waals surface area contributed by atoms with Gasteiger partial charge in [-0.2, -0.15) is 0 Å². The molecule has 1 aliphatic rings. The summed E-state index contributed by atoms with van der Waals surface area (Å²) in [7, 11) is 1.47. The van der Waals surface area contributed by atoms with Crippen molar-refractivity contribution in [3.63, 3.8) is 0 Å². The Balaban J connectivity index is 1.73. The molecule has 162 valence electrons. The summed E-state index contributed by atoms with van der Waals surface area (Å²) < 4.78 is 15.6. The lowest BCUT2D eigenvalue weighted by atomic mass is 10.1. The average molecular weight is 462 g/mol. The van der Waals surface area contributed by atoms with E-state index in [1.807, 2.05) is 0 Å². The van der Waals surface area contributed by atoms with Crippen LogP contribution in [0.25, 0.3) is 6.08 Å². The lowest BCUT2D eigenvalue weighted by molar-refractivity contribution is -0.145. The molecule has 0 N–H and O–H groups in total. The molecular weight excluding hydrogens is 442 g/mol. The number of hydrogen-bond acceptors (Lipinski definition) is 7. The summed E-state index contributed by atoms with van der Waals surface area (Å²) >= 11 is 6.76. The van der Waals surface area contributed by atoms with Crippen LogP contribution < -0.4 is 9.47 Å². The molecule has 0 unspecified atom stereocenters. The summed E-state index contributed by atoms with van der Waals surface area (Å²) in [4.78, 5) is 38.1. The molecule has 2 aromatic carbocycles. The van der Waals surface area contributed by atoms with Crippen molar-refractivity contribution in [2.24, 2.45) is 0 Å². The Bertz CT molecular complexity index is 1020. The van der Waals surface area contributed by atoms with Gasteiger partial charge in [-0.1, -0.05) is 29.8 Å². The Labute approximate surface area is 188 Å². The maximum atomic E-state index is 12.7. The highest BCUT2D eigenvalue weighted by atomic mass is 35.5. The predicted molar refractivity (Wildman–Crippen MR) is 118 cm³/mol. The molecule has 2 aromatic rings. The minimum atomic E-state index is -0.483. The van der Waals surface area contributed by atoms with Crippen LogP contribution in [0.2, 0.25) is 5.02 Å². The van der Waals surface area contributed by atoms with Gasteiger partial charge < -0.3 is 14.2 Å². The molecule has 1 aliphatic heterocycles. The van der Waals surface area contributed by atoms with Crippen molar-refractivity contribution in [2.45, 2.75) is 13.5 Å². The van der Waals surface area contributed by atoms with Crippen molar-refractivity contribution in [3.8, 4) is 11.5 Å². The van der Waals surface area contributed by atoms with E-state index in [0.29, 0.717) is 27.0 Å². The van der Waals surface area contributed by atoms with Crippen molar-refractivity contribution < 1.29 is 28.6 Å². The molecule has 9 heteroatoms. The molecule has 1 saturated heterocycles. The fourth-order valence-electron chi connectivity index (χ4n) is 2.79. The second kappa shape index (κ2) is 10.4. The van der Waals surface area contributed by atoms with Crippen LogP contribution in [0.4, 0.5) is 4.79 Å². The number of imide groups is 1. The lowest BCUT2D eigenvalue weighted by Crippen LogP contribution is -2.27. The Hall–Kier alpha value is -2.97. The van der Waals surface area contributed by atoms with Crippen molar-refractivity contribution in [1.82, 2.24) is 4.90 Å². The molecule has 7 nitrogen and oxygen atoms in total. The number of ether oxygens (including phenoxy) is 3. The number of nitrogens with zero attached hydrogens (tertiary/aromatic N) is 1. The van der Waals surface area contributed by atoms with E-state index < -0.39 is 5.97 Å². The second-order valence-corrected chi connectivity index (χ2v) is 7.83. The Morgan fingerprint density at radius 3 is 2.55 bits per heavy atom. The SMILES string of the molecule is CCOC(=O)COc1ccc(/C=C2/SC(=O)N(Cc3ccc(Cl)cc3)C2=O)cc1OC. The van der Waals surface area contributed by atoms with Crippen molar-refractivity contribution >= 4 is 46.6 Å². The van der Waals surface area contributed by atoms with Gasteiger partial charge in [0.25, 0.3) is 11.1 Å². The van der Waals surface area contributed by atoms with Crippen LogP contribution in [0.15, 0.2) is 47.4 Å². The molecular formula is C22H20ClNO6S. The van der Waals surface area contributed by atoms with E-state index in [0.717, 1.165) is 17.3 Å². The normalized spacial score (nSPS) is 14.8. The van der Waals surface area contributed by atoms with Gasteiger partial charge in [-0.25, -0.2) is 4.79 Å². The first-order chi connectivity index (χ1) is 14.9. The highest BCUT2D eigenvalue weighted by molar-refractivity contribution is 8.18. The van der Waals surface area contributed by atoms with Gasteiger partial charge in [-0.05, 0) is 60.2 Å². The third kappa shape index (κ3) is 5.80. The molecule has 0 bridgehead atoms. The number of methoxy groups -OCH3 is 1. The number of hydrogen-bond donors (Lipinski definition) is 0. The largest absolute Gasteiger partial charge is 0.493 e. The topological polar surface area (TPSA) is 82.1 Å².